The molecule has 0 spiro atoms. The number of ether oxygens (including phenoxy) is 1. The number of aliphatic carboxylic acids is 1. The molecular formula is C11H20N2O4. The maximum atomic E-state index is 11.7. The van der Waals surface area contributed by atoms with Crippen LogP contribution in [0.5, 0.6) is 0 Å². The average molecular weight is 244 g/mol. The van der Waals surface area contributed by atoms with E-state index >= 15 is 0 Å². The van der Waals surface area contributed by atoms with Gasteiger partial charge in [-0.2, -0.15) is 0 Å². The van der Waals surface area contributed by atoms with Crippen LogP contribution in [0.1, 0.15) is 13.8 Å². The molecular weight excluding hydrogens is 224 g/mol. The fourth-order valence-electron chi connectivity index (χ4n) is 1.94. The Hall–Kier alpha value is -1.30. The first-order chi connectivity index (χ1) is 8.06. The van der Waals surface area contributed by atoms with Crippen molar-refractivity contribution < 1.29 is 19.4 Å². The van der Waals surface area contributed by atoms with Crippen LogP contribution in [0, 0.1) is 11.8 Å². The molecule has 0 saturated carbocycles. The molecule has 1 aliphatic rings. The summed E-state index contributed by atoms with van der Waals surface area (Å²) in [5.74, 6) is -1.28. The zero-order valence-electron chi connectivity index (χ0n) is 10.3. The van der Waals surface area contributed by atoms with Crippen molar-refractivity contribution in [3.8, 4) is 0 Å². The number of rotatable bonds is 5. The van der Waals surface area contributed by atoms with Crippen LogP contribution < -0.4 is 5.32 Å². The van der Waals surface area contributed by atoms with Gasteiger partial charge < -0.3 is 20.1 Å². The summed E-state index contributed by atoms with van der Waals surface area (Å²) in [6, 6.07) is -0.208. The van der Waals surface area contributed by atoms with Gasteiger partial charge in [-0.05, 0) is 12.8 Å². The highest BCUT2D eigenvalue weighted by Gasteiger charge is 2.36. The van der Waals surface area contributed by atoms with Crippen LogP contribution in [0.2, 0.25) is 0 Å². The minimum atomic E-state index is -0.831. The van der Waals surface area contributed by atoms with E-state index in [9.17, 15) is 9.59 Å². The van der Waals surface area contributed by atoms with Crippen molar-refractivity contribution >= 4 is 12.0 Å². The number of nitrogens with one attached hydrogen (secondary N) is 1. The predicted octanol–water partition coefficient (Wildman–Crippen LogP) is 0.385. The second-order valence-electron chi connectivity index (χ2n) is 4.26. The van der Waals surface area contributed by atoms with Gasteiger partial charge in [-0.25, -0.2) is 4.79 Å². The summed E-state index contributed by atoms with van der Waals surface area (Å²) in [4.78, 5) is 24.1. The molecule has 2 unspecified atom stereocenters. The predicted molar refractivity (Wildman–Crippen MR) is 61.8 cm³/mol. The third-order valence-corrected chi connectivity index (χ3v) is 2.94. The minimum absolute atomic E-state index is 0.00476. The number of carbonyl (C=O) groups excluding carboxylic acids is 1. The maximum absolute atomic E-state index is 11.7. The normalized spacial score (nSPS) is 23.8. The summed E-state index contributed by atoms with van der Waals surface area (Å²) < 4.78 is 5.10. The van der Waals surface area contributed by atoms with Crippen LogP contribution in [0.4, 0.5) is 4.79 Å². The highest BCUT2D eigenvalue weighted by Crippen LogP contribution is 2.22. The smallest absolute Gasteiger partial charge is 0.317 e. The molecule has 98 valence electrons. The van der Waals surface area contributed by atoms with E-state index < -0.39 is 11.9 Å². The largest absolute Gasteiger partial charge is 0.481 e. The molecule has 17 heavy (non-hydrogen) atoms. The topological polar surface area (TPSA) is 78.9 Å². The van der Waals surface area contributed by atoms with Crippen LogP contribution in [-0.2, 0) is 9.53 Å². The van der Waals surface area contributed by atoms with Crippen molar-refractivity contribution in [2.75, 3.05) is 32.8 Å². The van der Waals surface area contributed by atoms with Gasteiger partial charge in [-0.1, -0.05) is 6.92 Å². The Labute approximate surface area is 101 Å². The van der Waals surface area contributed by atoms with Crippen LogP contribution in [0.3, 0.4) is 0 Å². The number of carbonyl (C=O) groups is 2. The molecule has 1 rings (SSSR count). The van der Waals surface area contributed by atoms with Gasteiger partial charge >= 0.3 is 12.0 Å². The van der Waals surface area contributed by atoms with Crippen molar-refractivity contribution in [1.29, 1.82) is 0 Å². The van der Waals surface area contributed by atoms with Gasteiger partial charge in [-0.3, -0.25) is 4.79 Å². The quantitative estimate of drug-likeness (QED) is 0.685. The van der Waals surface area contributed by atoms with E-state index in [0.29, 0.717) is 26.3 Å². The number of urea groups is 1. The molecule has 1 heterocycles. The standard InChI is InChI=1S/C11H20N2O4/c1-3-17-5-4-12-11(16)13-6-8(2)9(7-13)10(14)15/h8-9H,3-7H2,1-2H3,(H,12,16)(H,14,15). The average Bonchev–Trinajstić information content (AvgIpc) is 2.66. The number of carboxylic acids is 1. The molecule has 0 aromatic rings. The zero-order valence-corrected chi connectivity index (χ0v) is 10.3. The lowest BCUT2D eigenvalue weighted by Crippen LogP contribution is -2.40. The Morgan fingerprint density at radius 3 is 2.71 bits per heavy atom. The van der Waals surface area contributed by atoms with Crippen LogP contribution in [-0.4, -0.2) is 54.9 Å². The molecule has 1 saturated heterocycles. The fourth-order valence-corrected chi connectivity index (χ4v) is 1.94. The molecule has 0 aliphatic carbocycles. The monoisotopic (exact) mass is 244 g/mol. The lowest BCUT2D eigenvalue weighted by Gasteiger charge is -2.16. The van der Waals surface area contributed by atoms with Gasteiger partial charge in [0.1, 0.15) is 0 Å². The Kier molecular flexibility index (Phi) is 5.21. The van der Waals surface area contributed by atoms with Crippen LogP contribution in [0.15, 0.2) is 0 Å². The van der Waals surface area contributed by atoms with Gasteiger partial charge in [-0.15, -0.1) is 0 Å². The van der Waals surface area contributed by atoms with E-state index in [4.69, 9.17) is 9.84 Å². The number of nitrogens with zero attached hydrogens (tertiary/aromatic N) is 1. The van der Waals surface area contributed by atoms with E-state index in [0.717, 1.165) is 0 Å². The molecule has 0 bridgehead atoms. The van der Waals surface area contributed by atoms with Gasteiger partial charge in [0.15, 0.2) is 0 Å². The Morgan fingerprint density at radius 2 is 2.18 bits per heavy atom. The number of hydrogen-bond acceptors (Lipinski definition) is 3. The summed E-state index contributed by atoms with van der Waals surface area (Å²) >= 11 is 0. The number of carboxylic acid groups (broad SMARTS) is 1. The Balaban J connectivity index is 2.32. The molecule has 2 atom stereocenters. The highest BCUT2D eigenvalue weighted by atomic mass is 16.5. The molecule has 1 aliphatic heterocycles. The number of hydrogen-bond donors (Lipinski definition) is 2. The van der Waals surface area contributed by atoms with E-state index in [1.807, 2.05) is 13.8 Å². The molecule has 0 aromatic carbocycles. The maximum Gasteiger partial charge on any atom is 0.317 e. The minimum Gasteiger partial charge on any atom is -0.481 e. The molecule has 0 radical (unpaired) electrons. The summed E-state index contributed by atoms with van der Waals surface area (Å²) in [6.07, 6.45) is 0. The number of likely N-dealkylation sites (tertiary alicyclic amines) is 1. The Bertz CT molecular complexity index is 283. The third kappa shape index (κ3) is 3.89. The second kappa shape index (κ2) is 6.44. The molecule has 2 amide bonds. The first kappa shape index (κ1) is 13.8. The van der Waals surface area contributed by atoms with Gasteiger partial charge in [0.25, 0.3) is 0 Å². The fraction of sp³-hybridized carbons (Fsp3) is 0.818. The molecule has 6 nitrogen and oxygen atoms in total. The first-order valence-corrected chi connectivity index (χ1v) is 5.89. The van der Waals surface area contributed by atoms with Crippen LogP contribution >= 0.6 is 0 Å². The molecule has 2 N–H and O–H groups in total. The van der Waals surface area contributed by atoms with E-state index in [1.54, 1.807) is 4.90 Å². The van der Waals surface area contributed by atoms with Crippen molar-refractivity contribution in [2.45, 2.75) is 13.8 Å². The second-order valence-corrected chi connectivity index (χ2v) is 4.26. The van der Waals surface area contributed by atoms with Crippen molar-refractivity contribution in [3.63, 3.8) is 0 Å². The van der Waals surface area contributed by atoms with E-state index in [2.05, 4.69) is 5.32 Å². The summed E-state index contributed by atoms with van der Waals surface area (Å²) in [7, 11) is 0. The lowest BCUT2D eigenvalue weighted by atomic mass is 9.99. The molecule has 1 fully saturated rings. The molecule has 6 heteroatoms. The van der Waals surface area contributed by atoms with Crippen molar-refractivity contribution in [1.82, 2.24) is 10.2 Å². The van der Waals surface area contributed by atoms with E-state index in [1.165, 1.54) is 0 Å². The van der Waals surface area contributed by atoms with Crippen LogP contribution in [0.25, 0.3) is 0 Å². The van der Waals surface area contributed by atoms with Crippen molar-refractivity contribution in [3.05, 3.63) is 0 Å². The van der Waals surface area contributed by atoms with Gasteiger partial charge in [0.05, 0.1) is 12.5 Å². The highest BCUT2D eigenvalue weighted by molar-refractivity contribution is 5.77. The summed E-state index contributed by atoms with van der Waals surface area (Å²) in [6.45, 7) is 6.09. The van der Waals surface area contributed by atoms with Gasteiger partial charge in [0, 0.05) is 26.2 Å². The SMILES string of the molecule is CCOCCNC(=O)N1CC(C)C(C(=O)O)C1. The Morgan fingerprint density at radius 1 is 1.47 bits per heavy atom. The van der Waals surface area contributed by atoms with Crippen molar-refractivity contribution in [2.24, 2.45) is 11.8 Å². The number of amides is 2. The lowest BCUT2D eigenvalue weighted by molar-refractivity contribution is -0.142. The van der Waals surface area contributed by atoms with Gasteiger partial charge in [0.2, 0.25) is 0 Å². The summed E-state index contributed by atoms with van der Waals surface area (Å²) in [5, 5.41) is 11.7. The third-order valence-electron chi connectivity index (χ3n) is 2.94. The zero-order chi connectivity index (χ0) is 12.8. The molecule has 0 aromatic heterocycles. The van der Waals surface area contributed by atoms with E-state index in [-0.39, 0.29) is 18.5 Å². The summed E-state index contributed by atoms with van der Waals surface area (Å²) in [5.41, 5.74) is 0. The first-order valence-electron chi connectivity index (χ1n) is 5.89.